The minimum Gasteiger partial charge on any atom is -0.366 e. The summed E-state index contributed by atoms with van der Waals surface area (Å²) >= 11 is 0. The van der Waals surface area contributed by atoms with E-state index in [1.807, 2.05) is 30.3 Å². The van der Waals surface area contributed by atoms with E-state index in [2.05, 4.69) is 15.4 Å². The van der Waals surface area contributed by atoms with E-state index in [1.54, 1.807) is 43.3 Å². The maximum Gasteiger partial charge on any atom is 0.435 e. The number of anilines is 1. The second kappa shape index (κ2) is 6.99. The zero-order valence-electron chi connectivity index (χ0n) is 15.0. The fourth-order valence-electron chi connectivity index (χ4n) is 3.12. The van der Waals surface area contributed by atoms with Crippen LogP contribution in [0.2, 0.25) is 0 Å². The lowest BCUT2D eigenvalue weighted by atomic mass is 10.1. The number of rotatable bonds is 4. The summed E-state index contributed by atoms with van der Waals surface area (Å²) in [6.45, 7) is 2.21. The number of hydrogen-bond donors (Lipinski definition) is 1. The Kier molecular flexibility index (Phi) is 4.50. The minimum absolute atomic E-state index is 0.0143. The van der Waals surface area contributed by atoms with Crippen molar-refractivity contribution in [2.75, 3.05) is 5.32 Å². The van der Waals surface area contributed by atoms with E-state index in [9.17, 15) is 13.2 Å². The largest absolute Gasteiger partial charge is 0.435 e. The Morgan fingerprint density at radius 2 is 1.61 bits per heavy atom. The topological polar surface area (TPSA) is 42.2 Å². The van der Waals surface area contributed by atoms with Crippen LogP contribution in [0, 0.1) is 6.92 Å². The number of nitrogens with one attached hydrogen (secondary N) is 1. The van der Waals surface area contributed by atoms with Crippen molar-refractivity contribution in [3.63, 3.8) is 0 Å². The number of halogens is 3. The summed E-state index contributed by atoms with van der Waals surface area (Å²) in [5, 5.41) is 7.06. The van der Waals surface area contributed by atoms with Gasteiger partial charge in [0.25, 0.3) is 0 Å². The molecule has 4 rings (SSSR count). The summed E-state index contributed by atoms with van der Waals surface area (Å²) < 4.78 is 42.4. The van der Waals surface area contributed by atoms with Crippen molar-refractivity contribution in [3.8, 4) is 11.1 Å². The summed E-state index contributed by atoms with van der Waals surface area (Å²) in [5.41, 5.74) is 1.26. The van der Waals surface area contributed by atoms with Crippen LogP contribution >= 0.6 is 0 Å². The van der Waals surface area contributed by atoms with Crippen LogP contribution in [0.1, 0.15) is 17.0 Å². The van der Waals surface area contributed by atoms with Gasteiger partial charge in [0.05, 0.1) is 5.56 Å². The molecular weight excluding hydrogens is 365 g/mol. The summed E-state index contributed by atoms with van der Waals surface area (Å²) in [6.07, 6.45) is -4.59. The van der Waals surface area contributed by atoms with Crippen molar-refractivity contribution in [1.29, 1.82) is 0 Å². The van der Waals surface area contributed by atoms with Gasteiger partial charge in [-0.2, -0.15) is 22.8 Å². The highest BCUT2D eigenvalue weighted by Crippen LogP contribution is 2.39. The van der Waals surface area contributed by atoms with E-state index in [-0.39, 0.29) is 11.2 Å². The molecule has 0 saturated heterocycles. The van der Waals surface area contributed by atoms with Crippen LogP contribution in [0.4, 0.5) is 19.0 Å². The molecule has 7 heteroatoms. The monoisotopic (exact) mass is 382 g/mol. The lowest BCUT2D eigenvalue weighted by Crippen LogP contribution is -2.09. The second-order valence-corrected chi connectivity index (χ2v) is 6.44. The Hall–Kier alpha value is -3.35. The second-order valence-electron chi connectivity index (χ2n) is 6.44. The van der Waals surface area contributed by atoms with E-state index in [1.165, 1.54) is 4.52 Å². The van der Waals surface area contributed by atoms with Crippen molar-refractivity contribution in [2.45, 2.75) is 19.6 Å². The molecule has 0 spiro atoms. The first kappa shape index (κ1) is 18.0. The Balaban J connectivity index is 1.88. The molecule has 0 amide bonds. The fourth-order valence-corrected chi connectivity index (χ4v) is 3.12. The maximum absolute atomic E-state index is 13.7. The molecule has 0 aliphatic carbocycles. The summed E-state index contributed by atoms with van der Waals surface area (Å²) in [5.74, 6) is 0.457. The number of alkyl halides is 3. The molecule has 1 N–H and O–H groups in total. The summed E-state index contributed by atoms with van der Waals surface area (Å²) in [6, 6.07) is 19.7. The fraction of sp³-hybridized carbons (Fsp3) is 0.143. The molecular formula is C21H17F3N4. The molecule has 2 aromatic heterocycles. The molecule has 0 aliphatic heterocycles. The molecule has 0 atom stereocenters. The highest BCUT2D eigenvalue weighted by molar-refractivity contribution is 5.81. The molecule has 4 nitrogen and oxygen atoms in total. The summed E-state index contributed by atoms with van der Waals surface area (Å²) in [7, 11) is 0. The van der Waals surface area contributed by atoms with Crippen LogP contribution in [0.15, 0.2) is 66.7 Å². The number of aromatic nitrogens is 3. The van der Waals surface area contributed by atoms with Crippen LogP contribution in [-0.4, -0.2) is 14.6 Å². The lowest BCUT2D eigenvalue weighted by molar-refractivity contribution is -0.140. The van der Waals surface area contributed by atoms with Gasteiger partial charge in [-0.15, -0.1) is 0 Å². The summed E-state index contributed by atoms with van der Waals surface area (Å²) in [4.78, 5) is 4.36. The normalized spacial score (nSPS) is 11.7. The third kappa shape index (κ3) is 3.43. The van der Waals surface area contributed by atoms with E-state index in [4.69, 9.17) is 0 Å². The number of hydrogen-bond acceptors (Lipinski definition) is 3. The van der Waals surface area contributed by atoms with Gasteiger partial charge in [-0.05, 0) is 18.1 Å². The molecule has 4 aromatic rings. The molecule has 0 bridgehead atoms. The first-order valence-corrected chi connectivity index (χ1v) is 8.74. The number of nitrogens with zero attached hydrogens (tertiary/aromatic N) is 3. The first-order chi connectivity index (χ1) is 13.4. The zero-order chi connectivity index (χ0) is 19.7. The average molecular weight is 382 g/mol. The van der Waals surface area contributed by atoms with E-state index < -0.39 is 11.9 Å². The van der Waals surface area contributed by atoms with Crippen LogP contribution in [0.5, 0.6) is 0 Å². The molecule has 28 heavy (non-hydrogen) atoms. The lowest BCUT2D eigenvalue weighted by Gasteiger charge is -2.10. The number of aryl methyl sites for hydroxylation is 1. The van der Waals surface area contributed by atoms with E-state index >= 15 is 0 Å². The van der Waals surface area contributed by atoms with Crippen molar-refractivity contribution in [1.82, 2.24) is 14.6 Å². The smallest absolute Gasteiger partial charge is 0.366 e. The molecule has 0 saturated carbocycles. The maximum atomic E-state index is 13.7. The standard InChI is InChI=1S/C21H17F3N4/c1-14-12-17(25-13-15-8-4-2-5-9-15)28-20(26-14)18(16-10-6-3-7-11-16)19(27-28)21(22,23)24/h2-12,25H,13H2,1H3. The van der Waals surface area contributed by atoms with Crippen molar-refractivity contribution < 1.29 is 13.2 Å². The SMILES string of the molecule is Cc1cc(NCc2ccccc2)n2nc(C(F)(F)F)c(-c3ccccc3)c2n1. The van der Waals surface area contributed by atoms with Gasteiger partial charge in [-0.25, -0.2) is 4.98 Å². The number of benzene rings is 2. The molecule has 0 fully saturated rings. The van der Waals surface area contributed by atoms with Gasteiger partial charge in [-0.3, -0.25) is 0 Å². The predicted molar refractivity (Wildman–Crippen MR) is 102 cm³/mol. The van der Waals surface area contributed by atoms with Crippen LogP contribution < -0.4 is 5.32 Å². The van der Waals surface area contributed by atoms with Gasteiger partial charge >= 0.3 is 6.18 Å². The molecule has 2 heterocycles. The van der Waals surface area contributed by atoms with Gasteiger partial charge < -0.3 is 5.32 Å². The quantitative estimate of drug-likeness (QED) is 0.518. The Labute approximate surface area is 159 Å². The molecule has 0 unspecified atom stereocenters. The van der Waals surface area contributed by atoms with Gasteiger partial charge in [-0.1, -0.05) is 60.7 Å². The van der Waals surface area contributed by atoms with E-state index in [0.29, 0.717) is 23.6 Å². The average Bonchev–Trinajstić information content (AvgIpc) is 3.07. The Morgan fingerprint density at radius 1 is 0.964 bits per heavy atom. The predicted octanol–water partition coefficient (Wildman–Crippen LogP) is 5.34. The molecule has 142 valence electrons. The minimum atomic E-state index is -4.59. The van der Waals surface area contributed by atoms with Crippen molar-refractivity contribution in [3.05, 3.63) is 83.7 Å². The molecule has 0 radical (unpaired) electrons. The van der Waals surface area contributed by atoms with Gasteiger partial charge in [0.15, 0.2) is 11.3 Å². The van der Waals surface area contributed by atoms with Crippen molar-refractivity contribution >= 4 is 11.5 Å². The van der Waals surface area contributed by atoms with E-state index in [0.717, 1.165) is 5.56 Å². The number of fused-ring (bicyclic) bond motifs is 1. The Bertz CT molecular complexity index is 1100. The van der Waals surface area contributed by atoms with Gasteiger partial charge in [0.2, 0.25) is 0 Å². The van der Waals surface area contributed by atoms with Crippen molar-refractivity contribution in [2.24, 2.45) is 0 Å². The molecule has 2 aromatic carbocycles. The van der Waals surface area contributed by atoms with Gasteiger partial charge in [0.1, 0.15) is 5.82 Å². The third-order valence-corrected chi connectivity index (χ3v) is 4.36. The van der Waals surface area contributed by atoms with Crippen LogP contribution in [-0.2, 0) is 12.7 Å². The third-order valence-electron chi connectivity index (χ3n) is 4.36. The zero-order valence-corrected chi connectivity index (χ0v) is 15.0. The first-order valence-electron chi connectivity index (χ1n) is 8.74. The van der Waals surface area contributed by atoms with Crippen LogP contribution in [0.25, 0.3) is 16.8 Å². The highest BCUT2D eigenvalue weighted by Gasteiger charge is 2.39. The van der Waals surface area contributed by atoms with Gasteiger partial charge in [0, 0.05) is 18.3 Å². The highest BCUT2D eigenvalue weighted by atomic mass is 19.4. The molecule has 0 aliphatic rings. The van der Waals surface area contributed by atoms with Crippen LogP contribution in [0.3, 0.4) is 0 Å². The Morgan fingerprint density at radius 3 is 2.25 bits per heavy atom.